The molecule has 0 N–H and O–H groups in total. The molecule has 0 unspecified atom stereocenters. The second kappa shape index (κ2) is 8.60. The summed E-state index contributed by atoms with van der Waals surface area (Å²) < 4.78 is 6.46. The molecule has 0 bridgehead atoms. The number of benzene rings is 4. The van der Waals surface area contributed by atoms with E-state index in [0.29, 0.717) is 0 Å². The van der Waals surface area contributed by atoms with Crippen molar-refractivity contribution in [2.24, 2.45) is 7.05 Å². The Labute approximate surface area is 222 Å². The summed E-state index contributed by atoms with van der Waals surface area (Å²) in [5.74, 6) is 7.50. The second-order valence-electron chi connectivity index (χ2n) is 11.5. The molecule has 6 rings (SSSR count). The van der Waals surface area contributed by atoms with Gasteiger partial charge in [0.05, 0.1) is 0 Å². The molecule has 2 aromatic heterocycles. The Balaban J connectivity index is 1.81. The Bertz CT molecular complexity index is 1850. The number of fused-ring (bicyclic) bond motifs is 4. The van der Waals surface area contributed by atoms with Crippen LogP contribution >= 0.6 is 0 Å². The standard InChI is InChI=1S/C34H35GeN2/c1-22-19-23(2)24(3)27(20-22)32-21-33(25-13-8-10-16-29(25)36(32)7)37-30-17-11-9-14-26(30)34-28(35(4,5)6)15-12-18-31(34)37/h8-21H,1-7H3/q+1. The van der Waals surface area contributed by atoms with E-state index >= 15 is 0 Å². The second-order valence-corrected chi connectivity index (χ2v) is 22.1. The Morgan fingerprint density at radius 1 is 0.703 bits per heavy atom. The average molecular weight is 544 g/mol. The summed E-state index contributed by atoms with van der Waals surface area (Å²) in [4.78, 5) is 0. The van der Waals surface area contributed by atoms with E-state index in [2.05, 4.69) is 139 Å². The molecule has 6 aromatic rings. The van der Waals surface area contributed by atoms with Gasteiger partial charge in [0, 0.05) is 0 Å². The predicted octanol–water partition coefficient (Wildman–Crippen LogP) is 7.90. The molecule has 184 valence electrons. The van der Waals surface area contributed by atoms with Crippen LogP contribution in [-0.2, 0) is 7.05 Å². The predicted molar refractivity (Wildman–Crippen MR) is 162 cm³/mol. The third kappa shape index (κ3) is 3.73. The van der Waals surface area contributed by atoms with Crippen molar-refractivity contribution in [3.63, 3.8) is 0 Å². The van der Waals surface area contributed by atoms with Crippen LogP contribution in [0.15, 0.2) is 84.9 Å². The number of nitrogens with zero attached hydrogens (tertiary/aromatic N) is 2. The van der Waals surface area contributed by atoms with E-state index in [1.54, 1.807) is 4.40 Å². The number of pyridine rings is 1. The van der Waals surface area contributed by atoms with Gasteiger partial charge < -0.3 is 0 Å². The van der Waals surface area contributed by atoms with Gasteiger partial charge in [-0.1, -0.05) is 0 Å². The molecule has 0 fully saturated rings. The molecule has 0 atom stereocenters. The van der Waals surface area contributed by atoms with Crippen molar-refractivity contribution in [3.05, 3.63) is 102 Å². The van der Waals surface area contributed by atoms with E-state index in [0.717, 1.165) is 0 Å². The quantitative estimate of drug-likeness (QED) is 0.158. The average Bonchev–Trinajstić information content (AvgIpc) is 3.21. The van der Waals surface area contributed by atoms with Gasteiger partial charge in [-0.2, -0.15) is 0 Å². The van der Waals surface area contributed by atoms with Crippen LogP contribution in [0.4, 0.5) is 0 Å². The molecule has 37 heavy (non-hydrogen) atoms. The van der Waals surface area contributed by atoms with Gasteiger partial charge >= 0.3 is 223 Å². The van der Waals surface area contributed by atoms with E-state index in [1.165, 1.54) is 66.3 Å². The van der Waals surface area contributed by atoms with Crippen molar-refractivity contribution in [1.82, 2.24) is 4.57 Å². The monoisotopic (exact) mass is 545 g/mol. The van der Waals surface area contributed by atoms with E-state index in [1.807, 2.05) is 0 Å². The first kappa shape index (κ1) is 24.0. The SMILES string of the molecule is Cc1cc(C)c(C)c(-c2cc(-n3c4ccccc4c4[c]([Ge]([CH3])([CH3])[CH3])cccc43)c3ccccc3[n+]2C)c1. The van der Waals surface area contributed by atoms with Crippen molar-refractivity contribution >= 4 is 50.4 Å². The number of aromatic nitrogens is 2. The molecule has 3 heteroatoms. The van der Waals surface area contributed by atoms with Crippen molar-refractivity contribution in [1.29, 1.82) is 0 Å². The molecular formula is C34H35GeN2+. The fourth-order valence-electron chi connectivity index (χ4n) is 6.07. The summed E-state index contributed by atoms with van der Waals surface area (Å²) in [6, 6.07) is 31.8. The molecule has 0 saturated heterocycles. The first-order valence-electron chi connectivity index (χ1n) is 13.2. The zero-order valence-corrected chi connectivity index (χ0v) is 25.1. The van der Waals surface area contributed by atoms with Gasteiger partial charge in [0.25, 0.3) is 0 Å². The van der Waals surface area contributed by atoms with Crippen LogP contribution in [0.2, 0.25) is 17.3 Å². The summed E-state index contributed by atoms with van der Waals surface area (Å²) in [6.45, 7) is 6.67. The first-order chi connectivity index (χ1) is 17.7. The Kier molecular flexibility index (Phi) is 5.58. The Hall–Kier alpha value is -3.37. The number of rotatable bonds is 3. The normalized spacial score (nSPS) is 12.2. The molecule has 0 spiro atoms. The zero-order valence-electron chi connectivity index (χ0n) is 23.0. The molecule has 0 aliphatic carbocycles. The molecule has 2 heterocycles. The Morgan fingerprint density at radius 2 is 1.38 bits per heavy atom. The van der Waals surface area contributed by atoms with Crippen molar-refractivity contribution in [2.45, 2.75) is 38.0 Å². The van der Waals surface area contributed by atoms with Crippen LogP contribution in [0.3, 0.4) is 0 Å². The number of para-hydroxylation sites is 2. The van der Waals surface area contributed by atoms with Crippen LogP contribution in [0.5, 0.6) is 0 Å². The summed E-state index contributed by atoms with van der Waals surface area (Å²) in [5, 5.41) is 4.06. The fourth-order valence-corrected chi connectivity index (χ4v) is 9.45. The first-order valence-corrected chi connectivity index (χ1v) is 20.5. The summed E-state index contributed by atoms with van der Waals surface area (Å²) in [5.41, 5.74) is 11.6. The Morgan fingerprint density at radius 3 is 2.14 bits per heavy atom. The van der Waals surface area contributed by atoms with Crippen LogP contribution in [0, 0.1) is 20.8 Å². The molecule has 0 aliphatic rings. The topological polar surface area (TPSA) is 8.81 Å². The van der Waals surface area contributed by atoms with Crippen LogP contribution in [0.25, 0.3) is 49.7 Å². The van der Waals surface area contributed by atoms with Crippen molar-refractivity contribution < 1.29 is 4.57 Å². The molecule has 0 amide bonds. The number of hydrogen-bond acceptors (Lipinski definition) is 0. The fraction of sp³-hybridized carbons (Fsp3) is 0.206. The van der Waals surface area contributed by atoms with Crippen LogP contribution in [0.1, 0.15) is 16.7 Å². The van der Waals surface area contributed by atoms with E-state index in [9.17, 15) is 0 Å². The van der Waals surface area contributed by atoms with E-state index in [-0.39, 0.29) is 0 Å². The van der Waals surface area contributed by atoms with Gasteiger partial charge in [0.15, 0.2) is 0 Å². The maximum absolute atomic E-state index is 2.52. The summed E-state index contributed by atoms with van der Waals surface area (Å²) in [6.07, 6.45) is 0. The summed E-state index contributed by atoms with van der Waals surface area (Å²) >= 11 is -2.13. The number of hydrogen-bond donors (Lipinski definition) is 0. The maximum atomic E-state index is 2.52. The van der Waals surface area contributed by atoms with Gasteiger partial charge in [0.1, 0.15) is 0 Å². The minimum atomic E-state index is -2.13. The number of aryl methyl sites for hydroxylation is 3. The third-order valence-corrected chi connectivity index (χ3v) is 12.3. The molecule has 0 radical (unpaired) electrons. The van der Waals surface area contributed by atoms with Crippen molar-refractivity contribution in [3.8, 4) is 16.9 Å². The van der Waals surface area contributed by atoms with Crippen LogP contribution in [-0.4, -0.2) is 17.8 Å². The van der Waals surface area contributed by atoms with E-state index < -0.39 is 13.3 Å². The molecule has 2 nitrogen and oxygen atoms in total. The van der Waals surface area contributed by atoms with Gasteiger partial charge in [-0.25, -0.2) is 0 Å². The minimum absolute atomic E-state index is 1.24. The molecule has 4 aromatic carbocycles. The van der Waals surface area contributed by atoms with Crippen LogP contribution < -0.4 is 8.96 Å². The molecule has 0 saturated carbocycles. The molecule has 0 aliphatic heterocycles. The van der Waals surface area contributed by atoms with Gasteiger partial charge in [0.2, 0.25) is 0 Å². The van der Waals surface area contributed by atoms with Gasteiger partial charge in [-0.05, 0) is 0 Å². The van der Waals surface area contributed by atoms with Gasteiger partial charge in [-0.3, -0.25) is 0 Å². The third-order valence-electron chi connectivity index (χ3n) is 8.01. The molecular weight excluding hydrogens is 509 g/mol. The van der Waals surface area contributed by atoms with E-state index in [4.69, 9.17) is 0 Å². The van der Waals surface area contributed by atoms with Gasteiger partial charge in [-0.15, -0.1) is 0 Å². The summed E-state index contributed by atoms with van der Waals surface area (Å²) in [7, 11) is 2.20. The van der Waals surface area contributed by atoms with Crippen molar-refractivity contribution in [2.75, 3.05) is 0 Å². The zero-order chi connectivity index (χ0) is 26.1.